The van der Waals surface area contributed by atoms with E-state index in [1.54, 1.807) is 36.4 Å². The van der Waals surface area contributed by atoms with Gasteiger partial charge in [0.2, 0.25) is 5.91 Å². The minimum atomic E-state index is -0.950. The summed E-state index contributed by atoms with van der Waals surface area (Å²) in [5, 5.41) is 15.4. The molecule has 0 bridgehead atoms. The number of carboxylic acid groups (broad SMARTS) is 1. The zero-order chi connectivity index (χ0) is 19.1. The van der Waals surface area contributed by atoms with Crippen molar-refractivity contribution in [2.75, 3.05) is 19.0 Å². The molecule has 0 saturated carbocycles. The SMILES string of the molecule is COc1cc(Cl)c(C)cc1NC(=O)CCNCc1ccc(C(=O)O)cc1. The van der Waals surface area contributed by atoms with E-state index in [1.807, 2.05) is 6.92 Å². The average molecular weight is 377 g/mol. The molecule has 0 aromatic heterocycles. The van der Waals surface area contributed by atoms with Crippen molar-refractivity contribution in [1.82, 2.24) is 5.32 Å². The van der Waals surface area contributed by atoms with E-state index in [9.17, 15) is 9.59 Å². The fourth-order valence-electron chi connectivity index (χ4n) is 2.34. The number of carboxylic acids is 1. The predicted molar refractivity (Wildman–Crippen MR) is 101 cm³/mol. The Morgan fingerprint density at radius 3 is 2.50 bits per heavy atom. The number of methoxy groups -OCH3 is 1. The number of aromatic carboxylic acids is 1. The Morgan fingerprint density at radius 2 is 1.88 bits per heavy atom. The summed E-state index contributed by atoms with van der Waals surface area (Å²) >= 11 is 6.05. The van der Waals surface area contributed by atoms with Gasteiger partial charge < -0.3 is 20.5 Å². The zero-order valence-corrected chi connectivity index (χ0v) is 15.4. The number of benzene rings is 2. The Morgan fingerprint density at radius 1 is 1.19 bits per heavy atom. The summed E-state index contributed by atoms with van der Waals surface area (Å²) in [5.41, 5.74) is 2.64. The molecule has 3 N–H and O–H groups in total. The van der Waals surface area contributed by atoms with Gasteiger partial charge in [-0.3, -0.25) is 4.79 Å². The molecule has 0 radical (unpaired) electrons. The Balaban J connectivity index is 1.80. The molecule has 0 saturated heterocycles. The first-order chi connectivity index (χ1) is 12.4. The Hall–Kier alpha value is -2.57. The van der Waals surface area contributed by atoms with Gasteiger partial charge in [0.05, 0.1) is 18.4 Å². The lowest BCUT2D eigenvalue weighted by Gasteiger charge is -2.12. The summed E-state index contributed by atoms with van der Waals surface area (Å²) in [5.74, 6) is -0.576. The summed E-state index contributed by atoms with van der Waals surface area (Å²) in [6, 6.07) is 10.1. The molecule has 2 aromatic rings. The van der Waals surface area contributed by atoms with Gasteiger partial charge in [-0.1, -0.05) is 23.7 Å². The minimum absolute atomic E-state index is 0.140. The maximum Gasteiger partial charge on any atom is 0.335 e. The van der Waals surface area contributed by atoms with Gasteiger partial charge in [-0.05, 0) is 36.2 Å². The van der Waals surface area contributed by atoms with Crippen LogP contribution >= 0.6 is 11.6 Å². The number of hydrogen-bond acceptors (Lipinski definition) is 4. The van der Waals surface area contributed by atoms with Gasteiger partial charge in [-0.15, -0.1) is 0 Å². The fraction of sp³-hybridized carbons (Fsp3) is 0.263. The second-order valence-electron chi connectivity index (χ2n) is 5.78. The van der Waals surface area contributed by atoms with E-state index >= 15 is 0 Å². The van der Waals surface area contributed by atoms with Crippen molar-refractivity contribution >= 4 is 29.2 Å². The van der Waals surface area contributed by atoms with Crippen LogP contribution in [0.1, 0.15) is 27.9 Å². The van der Waals surface area contributed by atoms with E-state index in [-0.39, 0.29) is 17.9 Å². The monoisotopic (exact) mass is 376 g/mol. The highest BCUT2D eigenvalue weighted by Crippen LogP contribution is 2.30. The molecular formula is C19H21ClN2O4. The summed E-state index contributed by atoms with van der Waals surface area (Å²) in [7, 11) is 1.52. The fourth-order valence-corrected chi connectivity index (χ4v) is 2.50. The lowest BCUT2D eigenvalue weighted by atomic mass is 10.1. The Kier molecular flexibility index (Phi) is 7.00. The van der Waals surface area contributed by atoms with Crippen LogP contribution in [0.2, 0.25) is 5.02 Å². The maximum atomic E-state index is 12.1. The number of hydrogen-bond donors (Lipinski definition) is 3. The van der Waals surface area contributed by atoms with Gasteiger partial charge in [0.1, 0.15) is 5.75 Å². The first-order valence-corrected chi connectivity index (χ1v) is 8.45. The number of aryl methyl sites for hydroxylation is 1. The van der Waals surface area contributed by atoms with Gasteiger partial charge in [0.25, 0.3) is 0 Å². The number of rotatable bonds is 8. The van der Waals surface area contributed by atoms with Crippen LogP contribution < -0.4 is 15.4 Å². The molecule has 1 amide bonds. The molecule has 7 heteroatoms. The van der Waals surface area contributed by atoms with E-state index in [0.717, 1.165) is 11.1 Å². The van der Waals surface area contributed by atoms with E-state index in [4.69, 9.17) is 21.4 Å². The minimum Gasteiger partial charge on any atom is -0.495 e. The zero-order valence-electron chi connectivity index (χ0n) is 14.6. The van der Waals surface area contributed by atoms with E-state index in [1.165, 1.54) is 7.11 Å². The molecule has 0 atom stereocenters. The number of nitrogens with one attached hydrogen (secondary N) is 2. The number of carbonyl (C=O) groups is 2. The van der Waals surface area contributed by atoms with Crippen LogP contribution in [0.5, 0.6) is 5.75 Å². The topological polar surface area (TPSA) is 87.7 Å². The summed E-state index contributed by atoms with van der Waals surface area (Å²) in [6.07, 6.45) is 0.290. The van der Waals surface area contributed by atoms with Gasteiger partial charge in [-0.25, -0.2) is 4.79 Å². The van der Waals surface area contributed by atoms with Crippen molar-refractivity contribution in [2.24, 2.45) is 0 Å². The third-order valence-corrected chi connectivity index (χ3v) is 4.22. The second-order valence-corrected chi connectivity index (χ2v) is 6.19. The Bertz CT molecular complexity index is 791. The molecule has 0 aliphatic heterocycles. The van der Waals surface area contributed by atoms with Crippen molar-refractivity contribution in [3.63, 3.8) is 0 Å². The third kappa shape index (κ3) is 5.47. The molecule has 6 nitrogen and oxygen atoms in total. The largest absolute Gasteiger partial charge is 0.495 e. The van der Waals surface area contributed by atoms with E-state index < -0.39 is 5.97 Å². The van der Waals surface area contributed by atoms with Crippen LogP contribution in [-0.4, -0.2) is 30.6 Å². The summed E-state index contributed by atoms with van der Waals surface area (Å²) < 4.78 is 5.24. The normalized spacial score (nSPS) is 10.4. The van der Waals surface area contributed by atoms with Crippen LogP contribution in [0.3, 0.4) is 0 Å². The number of anilines is 1. The van der Waals surface area contributed by atoms with Crippen LogP contribution in [0, 0.1) is 6.92 Å². The summed E-state index contributed by atoms with van der Waals surface area (Å²) in [4.78, 5) is 22.9. The highest BCUT2D eigenvalue weighted by molar-refractivity contribution is 6.31. The average Bonchev–Trinajstić information content (AvgIpc) is 2.62. The molecule has 0 spiro atoms. The third-order valence-electron chi connectivity index (χ3n) is 3.81. The van der Waals surface area contributed by atoms with Crippen LogP contribution in [0.25, 0.3) is 0 Å². The molecule has 26 heavy (non-hydrogen) atoms. The first kappa shape index (κ1) is 19.8. The number of ether oxygens (including phenoxy) is 1. The van der Waals surface area contributed by atoms with Crippen molar-refractivity contribution in [1.29, 1.82) is 0 Å². The van der Waals surface area contributed by atoms with Crippen molar-refractivity contribution < 1.29 is 19.4 Å². The first-order valence-electron chi connectivity index (χ1n) is 8.07. The van der Waals surface area contributed by atoms with Crippen LogP contribution in [0.4, 0.5) is 5.69 Å². The lowest BCUT2D eigenvalue weighted by Crippen LogP contribution is -2.21. The standard InChI is InChI=1S/C19H21ClN2O4/c1-12-9-16(17(26-2)10-15(12)20)22-18(23)7-8-21-11-13-3-5-14(6-4-13)19(24)25/h3-6,9-10,21H,7-8,11H2,1-2H3,(H,22,23)(H,24,25). The second kappa shape index (κ2) is 9.22. The molecule has 2 aromatic carbocycles. The van der Waals surface area contributed by atoms with Gasteiger partial charge in [0.15, 0.2) is 0 Å². The maximum absolute atomic E-state index is 12.1. The molecule has 2 rings (SSSR count). The molecule has 138 valence electrons. The highest BCUT2D eigenvalue weighted by atomic mass is 35.5. The number of halogens is 1. The van der Waals surface area contributed by atoms with Gasteiger partial charge in [-0.2, -0.15) is 0 Å². The molecular weight excluding hydrogens is 356 g/mol. The number of amides is 1. The molecule has 0 aliphatic rings. The molecule has 0 fully saturated rings. The van der Waals surface area contributed by atoms with Crippen LogP contribution in [0.15, 0.2) is 36.4 Å². The van der Waals surface area contributed by atoms with Crippen molar-refractivity contribution in [2.45, 2.75) is 19.9 Å². The van der Waals surface area contributed by atoms with E-state index in [0.29, 0.717) is 29.5 Å². The predicted octanol–water partition coefficient (Wildman–Crippen LogP) is 3.47. The molecule has 0 aliphatic carbocycles. The number of carbonyl (C=O) groups excluding carboxylic acids is 1. The van der Waals surface area contributed by atoms with Gasteiger partial charge in [0, 0.05) is 30.6 Å². The Labute approximate surface area is 157 Å². The smallest absolute Gasteiger partial charge is 0.335 e. The highest BCUT2D eigenvalue weighted by Gasteiger charge is 2.10. The van der Waals surface area contributed by atoms with E-state index in [2.05, 4.69) is 10.6 Å². The van der Waals surface area contributed by atoms with Crippen molar-refractivity contribution in [3.8, 4) is 5.75 Å². The van der Waals surface area contributed by atoms with Crippen molar-refractivity contribution in [3.05, 3.63) is 58.1 Å². The molecule has 0 heterocycles. The van der Waals surface area contributed by atoms with Crippen LogP contribution in [-0.2, 0) is 11.3 Å². The lowest BCUT2D eigenvalue weighted by molar-refractivity contribution is -0.116. The quantitative estimate of drug-likeness (QED) is 0.614. The molecule has 0 unspecified atom stereocenters. The van der Waals surface area contributed by atoms with Gasteiger partial charge >= 0.3 is 5.97 Å². The summed E-state index contributed by atoms with van der Waals surface area (Å²) in [6.45, 7) is 2.90.